The topological polar surface area (TPSA) is 36.4 Å². The van der Waals surface area contributed by atoms with Gasteiger partial charge in [0.05, 0.1) is 18.2 Å². The first-order chi connectivity index (χ1) is 10.3. The molecule has 0 bridgehead atoms. The number of halogens is 1. The third-order valence-corrected chi connectivity index (χ3v) is 5.17. The lowest BCUT2D eigenvalue weighted by molar-refractivity contribution is 0.153. The van der Waals surface area contributed by atoms with Gasteiger partial charge in [0.15, 0.2) is 0 Å². The van der Waals surface area contributed by atoms with Crippen LogP contribution >= 0.6 is 22.9 Å². The highest BCUT2D eigenvalue weighted by Crippen LogP contribution is 2.26. The highest BCUT2D eigenvalue weighted by atomic mass is 35.5. The van der Waals surface area contributed by atoms with Gasteiger partial charge in [-0.05, 0) is 31.0 Å². The molecule has 1 aromatic carbocycles. The van der Waals surface area contributed by atoms with E-state index < -0.39 is 0 Å². The molecule has 1 aromatic heterocycles. The van der Waals surface area contributed by atoms with Crippen molar-refractivity contribution in [2.24, 2.45) is 0 Å². The van der Waals surface area contributed by atoms with Crippen molar-refractivity contribution in [3.8, 4) is 10.6 Å². The Hall–Kier alpha value is -0.940. The Bertz CT molecular complexity index is 601. The fraction of sp³-hybridized carbons (Fsp3) is 0.438. The van der Waals surface area contributed by atoms with Crippen LogP contribution in [-0.4, -0.2) is 34.2 Å². The van der Waals surface area contributed by atoms with Gasteiger partial charge in [-0.15, -0.1) is 22.9 Å². The van der Waals surface area contributed by atoms with Gasteiger partial charge < -0.3 is 5.11 Å². The first-order valence-corrected chi connectivity index (χ1v) is 8.66. The molecule has 5 heteroatoms. The highest BCUT2D eigenvalue weighted by Gasteiger charge is 2.23. The average molecular weight is 323 g/mol. The third-order valence-electron chi connectivity index (χ3n) is 3.96. The minimum Gasteiger partial charge on any atom is -0.395 e. The zero-order chi connectivity index (χ0) is 14.7. The van der Waals surface area contributed by atoms with Gasteiger partial charge in [-0.3, -0.25) is 4.90 Å². The number of rotatable bonds is 5. The lowest BCUT2D eigenvalue weighted by Gasteiger charge is -2.22. The third kappa shape index (κ3) is 3.46. The smallest absolute Gasteiger partial charge is 0.123 e. The van der Waals surface area contributed by atoms with E-state index in [1.165, 1.54) is 12.0 Å². The van der Waals surface area contributed by atoms with E-state index in [1.54, 1.807) is 11.3 Å². The fourth-order valence-electron chi connectivity index (χ4n) is 2.85. The van der Waals surface area contributed by atoms with Gasteiger partial charge in [0.2, 0.25) is 0 Å². The van der Waals surface area contributed by atoms with Crippen molar-refractivity contribution in [3.63, 3.8) is 0 Å². The van der Waals surface area contributed by atoms with Crippen LogP contribution in [0.15, 0.2) is 29.6 Å². The minimum absolute atomic E-state index is 0.255. The second kappa shape index (κ2) is 6.88. The largest absolute Gasteiger partial charge is 0.395 e. The number of thiazole rings is 1. The number of hydrogen-bond donors (Lipinski definition) is 1. The number of likely N-dealkylation sites (tertiary alicyclic amines) is 1. The molecule has 3 rings (SSSR count). The van der Waals surface area contributed by atoms with Gasteiger partial charge in [-0.1, -0.05) is 18.2 Å². The lowest BCUT2D eigenvalue weighted by atomic mass is 10.1. The van der Waals surface area contributed by atoms with E-state index in [-0.39, 0.29) is 6.61 Å². The summed E-state index contributed by atoms with van der Waals surface area (Å²) in [6.45, 7) is 2.22. The van der Waals surface area contributed by atoms with Gasteiger partial charge in [0.25, 0.3) is 0 Å². The zero-order valence-corrected chi connectivity index (χ0v) is 13.4. The molecule has 0 amide bonds. The Balaban J connectivity index is 1.76. The normalized spacial score (nSPS) is 19.2. The summed E-state index contributed by atoms with van der Waals surface area (Å²) in [5.41, 5.74) is 3.35. The number of aromatic nitrogens is 1. The predicted octanol–water partition coefficient (Wildman–Crippen LogP) is 3.51. The molecule has 1 unspecified atom stereocenters. The maximum atomic E-state index is 9.41. The number of hydrogen-bond acceptors (Lipinski definition) is 4. The maximum absolute atomic E-state index is 9.41. The molecule has 1 atom stereocenters. The molecule has 21 heavy (non-hydrogen) atoms. The molecule has 1 fully saturated rings. The van der Waals surface area contributed by atoms with Crippen LogP contribution < -0.4 is 0 Å². The summed E-state index contributed by atoms with van der Waals surface area (Å²) >= 11 is 7.45. The van der Waals surface area contributed by atoms with E-state index >= 15 is 0 Å². The van der Waals surface area contributed by atoms with Crippen molar-refractivity contribution in [1.29, 1.82) is 0 Å². The second-order valence-electron chi connectivity index (χ2n) is 5.43. The maximum Gasteiger partial charge on any atom is 0.123 e. The zero-order valence-electron chi connectivity index (χ0n) is 11.8. The predicted molar refractivity (Wildman–Crippen MR) is 87.6 cm³/mol. The molecule has 1 aliphatic heterocycles. The second-order valence-corrected chi connectivity index (χ2v) is 6.55. The Labute approximate surface area is 134 Å². The van der Waals surface area contributed by atoms with Crippen LogP contribution in [0, 0.1) is 0 Å². The Morgan fingerprint density at radius 1 is 1.43 bits per heavy atom. The molecule has 2 aromatic rings. The van der Waals surface area contributed by atoms with Crippen molar-refractivity contribution in [2.75, 3.05) is 13.2 Å². The van der Waals surface area contributed by atoms with Crippen molar-refractivity contribution < 1.29 is 5.11 Å². The molecule has 0 radical (unpaired) electrons. The van der Waals surface area contributed by atoms with Gasteiger partial charge in [0, 0.05) is 23.5 Å². The van der Waals surface area contributed by atoms with E-state index in [1.807, 2.05) is 5.38 Å². The van der Waals surface area contributed by atoms with E-state index in [0.29, 0.717) is 11.9 Å². The number of aliphatic hydroxyl groups excluding tert-OH is 1. The fourth-order valence-corrected chi connectivity index (χ4v) is 3.89. The van der Waals surface area contributed by atoms with E-state index in [9.17, 15) is 5.11 Å². The van der Waals surface area contributed by atoms with Crippen molar-refractivity contribution in [1.82, 2.24) is 9.88 Å². The van der Waals surface area contributed by atoms with Crippen LogP contribution in [0.1, 0.15) is 24.1 Å². The molecular formula is C16H19ClN2OS. The summed E-state index contributed by atoms with van der Waals surface area (Å²) < 4.78 is 0. The van der Waals surface area contributed by atoms with Crippen LogP contribution in [0.3, 0.4) is 0 Å². The van der Waals surface area contributed by atoms with Crippen molar-refractivity contribution in [3.05, 3.63) is 40.9 Å². The summed E-state index contributed by atoms with van der Waals surface area (Å²) in [5, 5.41) is 12.4. The van der Waals surface area contributed by atoms with Crippen LogP contribution in [0.4, 0.5) is 0 Å². The van der Waals surface area contributed by atoms with Gasteiger partial charge in [-0.25, -0.2) is 4.98 Å². The Morgan fingerprint density at radius 3 is 3.10 bits per heavy atom. The quantitative estimate of drug-likeness (QED) is 0.856. The number of alkyl halides is 1. The number of aliphatic hydroxyl groups is 1. The van der Waals surface area contributed by atoms with Crippen LogP contribution in [-0.2, 0) is 12.4 Å². The van der Waals surface area contributed by atoms with Crippen molar-refractivity contribution in [2.45, 2.75) is 31.3 Å². The van der Waals surface area contributed by atoms with E-state index in [0.717, 1.165) is 35.8 Å². The lowest BCUT2D eigenvalue weighted by Crippen LogP contribution is -2.31. The minimum atomic E-state index is 0.255. The molecule has 1 N–H and O–H groups in total. The molecule has 3 nitrogen and oxygen atoms in total. The van der Waals surface area contributed by atoms with Crippen LogP contribution in [0.5, 0.6) is 0 Å². The average Bonchev–Trinajstić information content (AvgIpc) is 3.16. The molecule has 0 saturated carbocycles. The summed E-state index contributed by atoms with van der Waals surface area (Å²) in [4.78, 5) is 6.90. The molecule has 0 spiro atoms. The van der Waals surface area contributed by atoms with Gasteiger partial charge >= 0.3 is 0 Å². The summed E-state index contributed by atoms with van der Waals surface area (Å²) in [7, 11) is 0. The molecular weight excluding hydrogens is 304 g/mol. The summed E-state index contributed by atoms with van der Waals surface area (Å²) in [5.74, 6) is 0.460. The van der Waals surface area contributed by atoms with Gasteiger partial charge in [0.1, 0.15) is 5.01 Å². The number of benzene rings is 1. The first kappa shape index (κ1) is 15.0. The molecule has 2 heterocycles. The van der Waals surface area contributed by atoms with Crippen molar-refractivity contribution >= 4 is 22.9 Å². The monoisotopic (exact) mass is 322 g/mol. The van der Waals surface area contributed by atoms with E-state index in [4.69, 9.17) is 11.6 Å². The molecule has 1 saturated heterocycles. The first-order valence-electron chi connectivity index (χ1n) is 7.24. The number of nitrogens with zero attached hydrogens (tertiary/aromatic N) is 2. The Kier molecular flexibility index (Phi) is 4.91. The molecule has 112 valence electrons. The molecule has 0 aliphatic carbocycles. The SMILES string of the molecule is OCC1CCCN1Cc1cccc(-c2nc(CCl)cs2)c1. The molecule has 1 aliphatic rings. The highest BCUT2D eigenvalue weighted by molar-refractivity contribution is 7.13. The Morgan fingerprint density at radius 2 is 2.33 bits per heavy atom. The summed E-state index contributed by atoms with van der Waals surface area (Å²) in [6.07, 6.45) is 2.28. The van der Waals surface area contributed by atoms with Crippen LogP contribution in [0.25, 0.3) is 10.6 Å². The summed E-state index contributed by atoms with van der Waals surface area (Å²) in [6, 6.07) is 8.83. The van der Waals surface area contributed by atoms with E-state index in [2.05, 4.69) is 34.1 Å². The standard InChI is InChI=1S/C16H19ClN2OS/c17-8-14-11-21-16(18-14)13-4-1-3-12(7-13)9-19-6-2-5-15(19)10-20/h1,3-4,7,11,15,20H,2,5-6,8-10H2. The van der Waals surface area contributed by atoms with Gasteiger partial charge in [-0.2, -0.15) is 0 Å². The van der Waals surface area contributed by atoms with Crippen LogP contribution in [0.2, 0.25) is 0 Å².